The molecule has 0 spiro atoms. The fraction of sp³-hybridized carbons (Fsp3) is 0.273. The Morgan fingerprint density at radius 3 is 1.35 bits per heavy atom. The number of furan rings is 3. The van der Waals surface area contributed by atoms with Gasteiger partial charge >= 0.3 is 0 Å². The highest BCUT2D eigenvalue weighted by atomic mass is 16.3. The average Bonchev–Trinajstić information content (AvgIpc) is 3.17. The smallest absolute Gasteiger partial charge is 0.227 e. The lowest BCUT2D eigenvalue weighted by Gasteiger charge is -2.07. The lowest BCUT2D eigenvalue weighted by atomic mass is 9.97. The van der Waals surface area contributed by atoms with E-state index in [0.717, 1.165) is 82.8 Å². The molecule has 0 radical (unpaired) electrons. The third-order valence-corrected chi connectivity index (χ3v) is 14.2. The van der Waals surface area contributed by atoms with Crippen LogP contribution in [-0.2, 0) is 21.1 Å². The third kappa shape index (κ3) is 9.45. The van der Waals surface area contributed by atoms with E-state index < -0.39 is 24.5 Å². The van der Waals surface area contributed by atoms with Crippen LogP contribution in [0.15, 0.2) is 141 Å². The number of hydrogen-bond acceptors (Lipinski definition) is 6. The van der Waals surface area contributed by atoms with Crippen molar-refractivity contribution in [2.75, 3.05) is 0 Å². The largest absolute Gasteiger partial charge is 0.456 e. The summed E-state index contributed by atoms with van der Waals surface area (Å²) < 4.78 is 72.7. The average molecular weight is 1000 g/mol. The molecule has 0 saturated heterocycles. The zero-order valence-corrected chi connectivity index (χ0v) is 45.5. The number of pyridine rings is 6. The molecule has 12 rings (SSSR count). The molecule has 0 N–H and O–H groups in total. The Bertz CT molecular complexity index is 4280. The van der Waals surface area contributed by atoms with E-state index in [0.29, 0.717) is 28.3 Å². The van der Waals surface area contributed by atoms with E-state index in [1.54, 1.807) is 6.07 Å². The molecule has 0 aliphatic heterocycles. The summed E-state index contributed by atoms with van der Waals surface area (Å²) in [7, 11) is 6.15. The number of nitrogens with zero attached hydrogens (tertiary/aromatic N) is 6. The van der Waals surface area contributed by atoms with Gasteiger partial charge < -0.3 is 13.3 Å². The van der Waals surface area contributed by atoms with Crippen molar-refractivity contribution in [2.45, 2.75) is 101 Å². The van der Waals surface area contributed by atoms with Crippen LogP contribution in [0.3, 0.4) is 0 Å². The summed E-state index contributed by atoms with van der Waals surface area (Å²) in [6.45, 7) is 18.8. The fourth-order valence-corrected chi connectivity index (χ4v) is 10.4. The third-order valence-electron chi connectivity index (χ3n) is 14.2. The van der Waals surface area contributed by atoms with Crippen molar-refractivity contribution in [3.8, 4) is 33.8 Å². The molecule has 0 fully saturated rings. The van der Waals surface area contributed by atoms with Crippen LogP contribution in [0, 0.1) is 41.5 Å². The van der Waals surface area contributed by atoms with E-state index in [-0.39, 0.29) is 5.69 Å². The van der Waals surface area contributed by atoms with Gasteiger partial charge in [-0.3, -0.25) is 9.97 Å². The maximum Gasteiger partial charge on any atom is 0.227 e. The lowest BCUT2D eigenvalue weighted by Crippen LogP contribution is -2.31. The molecule has 9 aromatic heterocycles. The molecule has 3 aromatic carbocycles. The maximum absolute atomic E-state index is 8.41. The van der Waals surface area contributed by atoms with Crippen LogP contribution in [-0.4, -0.2) is 15.0 Å². The van der Waals surface area contributed by atoms with Gasteiger partial charge in [-0.1, -0.05) is 59.7 Å². The van der Waals surface area contributed by atoms with Gasteiger partial charge in [-0.2, -0.15) is 0 Å². The molecule has 75 heavy (non-hydrogen) atoms. The summed E-state index contributed by atoms with van der Waals surface area (Å²) in [5.74, 6) is -3.33. The van der Waals surface area contributed by atoms with E-state index in [9.17, 15) is 0 Å². The summed E-state index contributed by atoms with van der Waals surface area (Å²) in [5, 5.41) is 5.83. The van der Waals surface area contributed by atoms with Crippen molar-refractivity contribution < 1.29 is 35.2 Å². The Morgan fingerprint density at radius 1 is 0.427 bits per heavy atom. The van der Waals surface area contributed by atoms with E-state index in [2.05, 4.69) is 138 Å². The van der Waals surface area contributed by atoms with Crippen molar-refractivity contribution >= 4 is 65.9 Å². The predicted molar refractivity (Wildman–Crippen MR) is 305 cm³/mol. The van der Waals surface area contributed by atoms with Gasteiger partial charge in [-0.15, -0.1) is 0 Å². The van der Waals surface area contributed by atoms with Gasteiger partial charge in [0.1, 0.15) is 43.5 Å². The van der Waals surface area contributed by atoms with Crippen molar-refractivity contribution in [3.63, 3.8) is 0 Å². The molecule has 9 heteroatoms. The second-order valence-corrected chi connectivity index (χ2v) is 20.6. The number of rotatable bonds is 6. The summed E-state index contributed by atoms with van der Waals surface area (Å²) in [5.41, 5.74) is 19.7. The first kappa shape index (κ1) is 43.4. The minimum atomic E-state index is -2.49. The van der Waals surface area contributed by atoms with Crippen molar-refractivity contribution in [3.05, 3.63) is 179 Å². The van der Waals surface area contributed by atoms with Gasteiger partial charge in [0, 0.05) is 105 Å². The summed E-state index contributed by atoms with van der Waals surface area (Å²) >= 11 is 0. The summed E-state index contributed by atoms with van der Waals surface area (Å²) in [6, 6.07) is 32.5. The molecule has 0 saturated carbocycles. The highest BCUT2D eigenvalue weighted by molar-refractivity contribution is 6.14. The Morgan fingerprint density at radius 2 is 0.867 bits per heavy atom. The van der Waals surface area contributed by atoms with E-state index >= 15 is 0 Å². The van der Waals surface area contributed by atoms with Gasteiger partial charge in [-0.25, -0.2) is 18.7 Å². The summed E-state index contributed by atoms with van der Waals surface area (Å²) in [6.07, 6.45) is 9.71. The van der Waals surface area contributed by atoms with Gasteiger partial charge in [-0.05, 0) is 131 Å². The van der Waals surface area contributed by atoms with Crippen LogP contribution < -0.4 is 13.7 Å². The van der Waals surface area contributed by atoms with Crippen LogP contribution in [0.5, 0.6) is 0 Å². The van der Waals surface area contributed by atoms with E-state index in [4.69, 9.17) is 21.5 Å². The van der Waals surface area contributed by atoms with E-state index in [1.165, 1.54) is 46.5 Å². The van der Waals surface area contributed by atoms with Crippen LogP contribution in [0.4, 0.5) is 0 Å². The number of aromatic nitrogens is 6. The quantitative estimate of drug-likeness (QED) is 0.154. The Labute approximate surface area is 448 Å². The fourth-order valence-electron chi connectivity index (χ4n) is 10.4. The molecule has 0 amide bonds. The Hall–Kier alpha value is -8.04. The molecule has 0 aliphatic rings. The zero-order valence-electron chi connectivity index (χ0n) is 51.5. The monoisotopic (exact) mass is 1000 g/mol. The first-order valence-corrected chi connectivity index (χ1v) is 25.4. The van der Waals surface area contributed by atoms with E-state index in [1.807, 2.05) is 97.3 Å². The number of aryl methyl sites for hydroxylation is 9. The Balaban J connectivity index is 0.000000137. The predicted octanol–water partition coefficient (Wildman–Crippen LogP) is 15.6. The molecule has 1 unspecified atom stereocenters. The van der Waals surface area contributed by atoms with Gasteiger partial charge in [0.05, 0.1) is 22.9 Å². The molecule has 0 bridgehead atoms. The molecule has 9 heterocycles. The Kier molecular flexibility index (Phi) is 11.6. The molecule has 1 atom stereocenters. The van der Waals surface area contributed by atoms with Crippen molar-refractivity contribution in [1.82, 2.24) is 15.0 Å². The molecule has 12 aromatic rings. The minimum absolute atomic E-state index is 0.202. The number of benzene rings is 3. The maximum atomic E-state index is 8.41. The SMILES string of the molecule is [2H]C(C)(C)c1cc2oc3ccc(C)c(-c4ccc(C)c[n+]4C)c3c2cn1.[2H]C(C)(C)c1ccc2c(n1)oc1ccc(C)c(-c3ccc(C)c[n+]3C)c12.[2H]C([2H])([2H])C([2H])(C)c1cc2c(cn1)oc1ccc(C)c(-c3ccc(C)c[n+]3C)c12. The second-order valence-electron chi connectivity index (χ2n) is 20.6. The normalized spacial score (nSPS) is 14.2. The van der Waals surface area contributed by atoms with Crippen molar-refractivity contribution in [2.24, 2.45) is 21.1 Å². The highest BCUT2D eigenvalue weighted by Gasteiger charge is 2.25. The standard InChI is InChI=1S/3C22H23N2O/c1-13(2)17-9-8-16-21-19(25-22(16)23-17)11-7-15(4)20(21)18-10-6-14(3)12-24(18)5;1-13(2)17-10-20-16(11-23-17)22-19(25-20)9-7-15(4)21(22)18-8-6-14(3)12-24(18)5;1-13(2)17-10-16-20(11-23-17)25-19-9-7-15(4)21(22(16)19)18-8-6-14(3)12-24(18)5/h3*6-13H,1-5H3/q3*+1/i2*13D;1D3,13D. The molecule has 378 valence electrons. The molecule has 9 nitrogen and oxygen atoms in total. The zero-order chi connectivity index (χ0) is 58.4. The van der Waals surface area contributed by atoms with Crippen LogP contribution in [0.1, 0.15) is 118 Å². The van der Waals surface area contributed by atoms with Crippen LogP contribution >= 0.6 is 0 Å². The lowest BCUT2D eigenvalue weighted by molar-refractivity contribution is -0.660. The molecular weight excluding hydrogens is 925 g/mol. The second kappa shape index (κ2) is 20.0. The van der Waals surface area contributed by atoms with Gasteiger partial charge in [0.15, 0.2) is 24.2 Å². The summed E-state index contributed by atoms with van der Waals surface area (Å²) in [4.78, 5) is 13.4. The first-order chi connectivity index (χ1) is 38.0. The number of fused-ring (bicyclic) bond motifs is 9. The topological polar surface area (TPSA) is 89.7 Å². The number of hydrogen-bond donors (Lipinski definition) is 0. The van der Waals surface area contributed by atoms with Crippen LogP contribution in [0.25, 0.3) is 99.7 Å². The first-order valence-electron chi connectivity index (χ1n) is 28.4. The minimum Gasteiger partial charge on any atom is -0.456 e. The van der Waals surface area contributed by atoms with Gasteiger partial charge in [0.25, 0.3) is 0 Å². The molecular formula is C66H69N6O3+3. The highest BCUT2D eigenvalue weighted by Crippen LogP contribution is 2.41. The van der Waals surface area contributed by atoms with Gasteiger partial charge in [0.2, 0.25) is 22.8 Å². The van der Waals surface area contributed by atoms with Crippen molar-refractivity contribution in [1.29, 1.82) is 0 Å². The van der Waals surface area contributed by atoms with Crippen LogP contribution in [0.2, 0.25) is 0 Å². The molecule has 0 aliphatic carbocycles.